The molecule has 1 unspecified atom stereocenters. The molecule has 1 heterocycles. The second-order valence-corrected chi connectivity index (χ2v) is 5.26. The van der Waals surface area contributed by atoms with Crippen LogP contribution in [0, 0.1) is 6.92 Å². The number of amides is 1. The molecule has 0 spiro atoms. The van der Waals surface area contributed by atoms with Gasteiger partial charge < -0.3 is 15.0 Å². The molecule has 0 saturated carbocycles. The number of nitrogens with one attached hydrogen (secondary N) is 1. The first-order valence-electron chi connectivity index (χ1n) is 7.21. The van der Waals surface area contributed by atoms with Crippen LogP contribution < -0.4 is 5.32 Å². The zero-order valence-corrected chi connectivity index (χ0v) is 12.6. The minimum atomic E-state index is -1.02. The molecule has 1 aromatic heterocycles. The number of benzene rings is 1. The van der Waals surface area contributed by atoms with Crippen LogP contribution in [-0.4, -0.2) is 27.6 Å². The highest BCUT2D eigenvalue weighted by Crippen LogP contribution is 2.18. The zero-order chi connectivity index (χ0) is 16.1. The summed E-state index contributed by atoms with van der Waals surface area (Å²) in [6, 6.07) is 8.92. The third-order valence-corrected chi connectivity index (χ3v) is 3.61. The number of carbonyl (C=O) groups excluding carboxylic acids is 1. The zero-order valence-electron chi connectivity index (χ0n) is 12.6. The van der Waals surface area contributed by atoms with E-state index in [1.54, 1.807) is 6.08 Å². The average molecular weight is 300 g/mol. The van der Waals surface area contributed by atoms with Crippen LogP contribution in [0.1, 0.15) is 18.5 Å². The predicted octanol–water partition coefficient (Wildman–Crippen LogP) is 2.49. The first-order chi connectivity index (χ1) is 10.5. The molecular formula is C17H20N2O3. The first kappa shape index (κ1) is 15.8. The maximum absolute atomic E-state index is 12.2. The fraction of sp³-hybridized carbons (Fsp3) is 0.294. The summed E-state index contributed by atoms with van der Waals surface area (Å²) in [5.41, 5.74) is 1.93. The highest BCUT2D eigenvalue weighted by atomic mass is 16.4. The van der Waals surface area contributed by atoms with Crippen LogP contribution in [0.3, 0.4) is 0 Å². The molecule has 1 aromatic carbocycles. The van der Waals surface area contributed by atoms with E-state index in [0.717, 1.165) is 16.6 Å². The van der Waals surface area contributed by atoms with Gasteiger partial charge in [0.2, 0.25) is 5.91 Å². The smallest absolute Gasteiger partial charge is 0.326 e. The lowest BCUT2D eigenvalue weighted by Gasteiger charge is -2.15. The monoisotopic (exact) mass is 300 g/mol. The van der Waals surface area contributed by atoms with Crippen LogP contribution in [0.2, 0.25) is 0 Å². The highest BCUT2D eigenvalue weighted by molar-refractivity contribution is 5.86. The molecule has 2 aromatic rings. The van der Waals surface area contributed by atoms with E-state index < -0.39 is 12.0 Å². The Bertz CT molecular complexity index is 703. The van der Waals surface area contributed by atoms with Crippen LogP contribution in [0.25, 0.3) is 10.9 Å². The van der Waals surface area contributed by atoms with Crippen molar-refractivity contribution in [1.82, 2.24) is 9.88 Å². The van der Waals surface area contributed by atoms with Gasteiger partial charge in [-0.25, -0.2) is 4.79 Å². The van der Waals surface area contributed by atoms with Crippen molar-refractivity contribution < 1.29 is 14.7 Å². The Morgan fingerprint density at radius 2 is 2.14 bits per heavy atom. The third kappa shape index (κ3) is 3.55. The molecule has 22 heavy (non-hydrogen) atoms. The molecule has 1 amide bonds. The van der Waals surface area contributed by atoms with E-state index in [9.17, 15) is 9.59 Å². The Balaban J connectivity index is 2.11. The minimum Gasteiger partial charge on any atom is -0.480 e. The van der Waals surface area contributed by atoms with Gasteiger partial charge in [0.15, 0.2) is 0 Å². The number of hydrogen-bond donors (Lipinski definition) is 2. The summed E-state index contributed by atoms with van der Waals surface area (Å²) in [6.07, 6.45) is 2.53. The Kier molecular flexibility index (Phi) is 4.99. The molecule has 0 aliphatic rings. The van der Waals surface area contributed by atoms with Crippen molar-refractivity contribution in [3.8, 4) is 0 Å². The molecule has 0 aliphatic carbocycles. The quantitative estimate of drug-likeness (QED) is 0.772. The maximum atomic E-state index is 12.2. The topological polar surface area (TPSA) is 71.3 Å². The summed E-state index contributed by atoms with van der Waals surface area (Å²) in [5.74, 6) is -1.33. The molecule has 0 fully saturated rings. The maximum Gasteiger partial charge on any atom is 0.326 e. The average Bonchev–Trinajstić information content (AvgIpc) is 2.79. The Morgan fingerprint density at radius 1 is 1.41 bits per heavy atom. The van der Waals surface area contributed by atoms with E-state index >= 15 is 0 Å². The summed E-state index contributed by atoms with van der Waals surface area (Å²) in [6.45, 7) is 5.61. The van der Waals surface area contributed by atoms with Gasteiger partial charge >= 0.3 is 5.97 Å². The molecule has 116 valence electrons. The van der Waals surface area contributed by atoms with Crippen LogP contribution in [-0.2, 0) is 16.1 Å². The second kappa shape index (κ2) is 6.93. The molecule has 2 N–H and O–H groups in total. The number of carboxylic acid groups (broad SMARTS) is 1. The van der Waals surface area contributed by atoms with Gasteiger partial charge in [0.25, 0.3) is 0 Å². The van der Waals surface area contributed by atoms with Gasteiger partial charge in [0, 0.05) is 11.2 Å². The third-order valence-electron chi connectivity index (χ3n) is 3.61. The van der Waals surface area contributed by atoms with E-state index in [1.807, 2.05) is 41.8 Å². The largest absolute Gasteiger partial charge is 0.480 e. The molecule has 0 saturated heterocycles. The minimum absolute atomic E-state index is 0.108. The van der Waals surface area contributed by atoms with Crippen molar-refractivity contribution in [2.24, 2.45) is 0 Å². The number of rotatable bonds is 7. The number of nitrogens with zero attached hydrogens (tertiary/aromatic N) is 1. The Labute approximate surface area is 129 Å². The Morgan fingerprint density at radius 3 is 2.82 bits per heavy atom. The van der Waals surface area contributed by atoms with E-state index in [2.05, 4.69) is 11.9 Å². The van der Waals surface area contributed by atoms with Gasteiger partial charge in [-0.3, -0.25) is 4.79 Å². The molecule has 2 rings (SSSR count). The summed E-state index contributed by atoms with van der Waals surface area (Å²) in [5, 5.41) is 12.8. The lowest BCUT2D eigenvalue weighted by Crippen LogP contribution is -2.42. The molecule has 0 aliphatic heterocycles. The fourth-order valence-corrected chi connectivity index (χ4v) is 2.48. The number of aromatic nitrogens is 1. The highest BCUT2D eigenvalue weighted by Gasteiger charge is 2.19. The van der Waals surface area contributed by atoms with Crippen LogP contribution >= 0.6 is 0 Å². The van der Waals surface area contributed by atoms with Gasteiger partial charge in [-0.2, -0.15) is 0 Å². The van der Waals surface area contributed by atoms with Gasteiger partial charge in [-0.05, 0) is 37.3 Å². The van der Waals surface area contributed by atoms with E-state index in [1.165, 1.54) is 0 Å². The fourth-order valence-electron chi connectivity index (χ4n) is 2.48. The molecular weight excluding hydrogens is 280 g/mol. The summed E-state index contributed by atoms with van der Waals surface area (Å²) < 4.78 is 1.89. The number of aryl methyl sites for hydroxylation is 1. The van der Waals surface area contributed by atoms with Crippen molar-refractivity contribution >= 4 is 22.8 Å². The molecule has 5 nitrogen and oxygen atoms in total. The number of hydrogen-bond acceptors (Lipinski definition) is 2. The second-order valence-electron chi connectivity index (χ2n) is 5.26. The SMILES string of the molecule is C=CCCC(NC(=O)Cn1c(C)cc2ccccc21)C(=O)O. The number of allylic oxidation sites excluding steroid dienone is 1. The number of carboxylic acids is 1. The molecule has 1 atom stereocenters. The van der Waals surface area contributed by atoms with Crippen LogP contribution in [0.5, 0.6) is 0 Å². The summed E-state index contributed by atoms with van der Waals surface area (Å²) in [4.78, 5) is 23.3. The van der Waals surface area contributed by atoms with E-state index in [-0.39, 0.29) is 12.5 Å². The van der Waals surface area contributed by atoms with Crippen molar-refractivity contribution in [3.05, 3.63) is 48.7 Å². The molecule has 0 radical (unpaired) electrons. The van der Waals surface area contributed by atoms with Crippen molar-refractivity contribution in [2.45, 2.75) is 32.4 Å². The number of carbonyl (C=O) groups is 2. The van der Waals surface area contributed by atoms with Crippen LogP contribution in [0.4, 0.5) is 0 Å². The van der Waals surface area contributed by atoms with Gasteiger partial charge in [-0.1, -0.05) is 24.3 Å². The lowest BCUT2D eigenvalue weighted by molar-refractivity contribution is -0.142. The first-order valence-corrected chi connectivity index (χ1v) is 7.21. The van der Waals surface area contributed by atoms with E-state index in [0.29, 0.717) is 12.8 Å². The van der Waals surface area contributed by atoms with Gasteiger partial charge in [0.05, 0.1) is 0 Å². The van der Waals surface area contributed by atoms with Crippen molar-refractivity contribution in [3.63, 3.8) is 0 Å². The predicted molar refractivity (Wildman–Crippen MR) is 85.7 cm³/mol. The van der Waals surface area contributed by atoms with Gasteiger partial charge in [-0.15, -0.1) is 6.58 Å². The lowest BCUT2D eigenvalue weighted by atomic mass is 10.1. The number of fused-ring (bicyclic) bond motifs is 1. The molecule has 0 bridgehead atoms. The normalized spacial score (nSPS) is 12.0. The van der Waals surface area contributed by atoms with Crippen LogP contribution in [0.15, 0.2) is 43.0 Å². The molecule has 5 heteroatoms. The number of aliphatic carboxylic acids is 1. The summed E-state index contributed by atoms with van der Waals surface area (Å²) in [7, 11) is 0. The van der Waals surface area contributed by atoms with Crippen molar-refractivity contribution in [2.75, 3.05) is 0 Å². The van der Waals surface area contributed by atoms with E-state index in [4.69, 9.17) is 5.11 Å². The standard InChI is InChI=1S/C17H20N2O3/c1-3-4-8-14(17(21)22)18-16(20)11-19-12(2)10-13-7-5-6-9-15(13)19/h3,5-7,9-10,14H,1,4,8,11H2,2H3,(H,18,20)(H,21,22). The number of para-hydroxylation sites is 1. The summed E-state index contributed by atoms with van der Waals surface area (Å²) >= 11 is 0. The van der Waals surface area contributed by atoms with Gasteiger partial charge in [0.1, 0.15) is 12.6 Å². The Hall–Kier alpha value is -2.56. The van der Waals surface area contributed by atoms with Crippen molar-refractivity contribution in [1.29, 1.82) is 0 Å².